The van der Waals surface area contributed by atoms with Gasteiger partial charge in [0, 0.05) is 5.88 Å². The first kappa shape index (κ1) is 11.3. The molecular weight excluding hydrogens is 226 g/mol. The maximum Gasteiger partial charge on any atom is 0.196 e. The van der Waals surface area contributed by atoms with Crippen molar-refractivity contribution in [2.75, 3.05) is 18.7 Å². The molecular formula is C8H10ClNO3S. The van der Waals surface area contributed by atoms with E-state index in [4.69, 9.17) is 16.3 Å². The van der Waals surface area contributed by atoms with Gasteiger partial charge in [-0.3, -0.25) is 0 Å². The van der Waals surface area contributed by atoms with Crippen LogP contribution in [0.1, 0.15) is 0 Å². The molecule has 0 saturated carbocycles. The Labute approximate surface area is 87.8 Å². The number of halogens is 1. The van der Waals surface area contributed by atoms with Gasteiger partial charge in [0.2, 0.25) is 0 Å². The Morgan fingerprint density at radius 2 is 2.21 bits per heavy atom. The van der Waals surface area contributed by atoms with Crippen LogP contribution in [-0.4, -0.2) is 32.1 Å². The van der Waals surface area contributed by atoms with Crippen LogP contribution < -0.4 is 4.74 Å². The normalized spacial score (nSPS) is 11.3. The molecule has 1 aromatic heterocycles. The molecule has 0 aromatic carbocycles. The zero-order valence-corrected chi connectivity index (χ0v) is 9.18. The summed E-state index contributed by atoms with van der Waals surface area (Å²) < 4.78 is 27.7. The average molecular weight is 236 g/mol. The molecule has 4 nitrogen and oxygen atoms in total. The Hall–Kier alpha value is -0.810. The number of ether oxygens (including phenoxy) is 1. The lowest BCUT2D eigenvalue weighted by Gasteiger charge is -2.02. The van der Waals surface area contributed by atoms with Crippen molar-refractivity contribution < 1.29 is 13.2 Å². The lowest BCUT2D eigenvalue weighted by Crippen LogP contribution is -2.09. The van der Waals surface area contributed by atoms with Crippen molar-refractivity contribution in [1.82, 2.24) is 4.98 Å². The van der Waals surface area contributed by atoms with E-state index in [0.717, 1.165) is 0 Å². The van der Waals surface area contributed by atoms with E-state index in [1.54, 1.807) is 6.07 Å². The van der Waals surface area contributed by atoms with E-state index < -0.39 is 9.84 Å². The summed E-state index contributed by atoms with van der Waals surface area (Å²) in [7, 11) is -1.84. The van der Waals surface area contributed by atoms with E-state index in [0.29, 0.717) is 5.75 Å². The molecule has 0 radical (unpaired) electrons. The van der Waals surface area contributed by atoms with E-state index in [1.165, 1.54) is 19.4 Å². The smallest absolute Gasteiger partial charge is 0.196 e. The average Bonchev–Trinajstić information content (AvgIpc) is 2.18. The lowest BCUT2D eigenvalue weighted by molar-refractivity contribution is 0.412. The molecule has 6 heteroatoms. The summed E-state index contributed by atoms with van der Waals surface area (Å²) in [5.41, 5.74) is 0. The number of rotatable bonds is 4. The fraction of sp³-hybridized carbons (Fsp3) is 0.375. The maximum atomic E-state index is 11.4. The second kappa shape index (κ2) is 4.61. The molecule has 1 rings (SSSR count). The first-order valence-electron chi connectivity index (χ1n) is 3.89. The van der Waals surface area contributed by atoms with E-state index in [-0.39, 0.29) is 16.7 Å². The summed E-state index contributed by atoms with van der Waals surface area (Å²) in [6.07, 6.45) is 1.36. The topological polar surface area (TPSA) is 56.3 Å². The van der Waals surface area contributed by atoms with Crippen LogP contribution in [0.25, 0.3) is 0 Å². The Kier molecular flexibility index (Phi) is 3.71. The van der Waals surface area contributed by atoms with Crippen molar-refractivity contribution in [3.63, 3.8) is 0 Å². The van der Waals surface area contributed by atoms with Crippen LogP contribution in [0.3, 0.4) is 0 Å². The lowest BCUT2D eigenvalue weighted by atomic mass is 10.5. The molecule has 0 amide bonds. The summed E-state index contributed by atoms with van der Waals surface area (Å²) in [6.45, 7) is 0. The molecule has 0 unspecified atom stereocenters. The van der Waals surface area contributed by atoms with Crippen LogP contribution in [-0.2, 0) is 9.84 Å². The number of methoxy groups -OCH3 is 1. The van der Waals surface area contributed by atoms with Crippen LogP contribution in [0, 0.1) is 0 Å². The summed E-state index contributed by atoms with van der Waals surface area (Å²) in [5.74, 6) is 0.485. The monoisotopic (exact) mass is 235 g/mol. The largest absolute Gasteiger partial charge is 0.495 e. The minimum atomic E-state index is -3.33. The molecule has 78 valence electrons. The first-order valence-corrected chi connectivity index (χ1v) is 6.07. The van der Waals surface area contributed by atoms with Crippen molar-refractivity contribution in [2.24, 2.45) is 0 Å². The Balaban J connectivity index is 2.97. The second-order valence-corrected chi connectivity index (χ2v) is 4.98. The van der Waals surface area contributed by atoms with Crippen molar-refractivity contribution in [1.29, 1.82) is 0 Å². The molecule has 0 fully saturated rings. The van der Waals surface area contributed by atoms with Crippen molar-refractivity contribution in [3.05, 3.63) is 18.3 Å². The third kappa shape index (κ3) is 2.59. The van der Waals surface area contributed by atoms with Gasteiger partial charge in [-0.2, -0.15) is 0 Å². The molecule has 0 bridgehead atoms. The van der Waals surface area contributed by atoms with Gasteiger partial charge < -0.3 is 4.74 Å². The minimum Gasteiger partial charge on any atom is -0.495 e. The zero-order chi connectivity index (χ0) is 10.6. The van der Waals surface area contributed by atoms with Crippen LogP contribution >= 0.6 is 11.6 Å². The third-order valence-corrected chi connectivity index (χ3v) is 3.64. The Morgan fingerprint density at radius 1 is 1.50 bits per heavy atom. The minimum absolute atomic E-state index is 0.0268. The summed E-state index contributed by atoms with van der Waals surface area (Å²) in [5, 5.41) is 0.0268. The molecule has 0 N–H and O–H groups in total. The number of sulfone groups is 1. The molecule has 0 spiro atoms. The third-order valence-electron chi connectivity index (χ3n) is 1.61. The van der Waals surface area contributed by atoms with Crippen molar-refractivity contribution >= 4 is 21.4 Å². The predicted molar refractivity (Wildman–Crippen MR) is 53.6 cm³/mol. The highest BCUT2D eigenvalue weighted by atomic mass is 35.5. The number of nitrogens with zero attached hydrogens (tertiary/aromatic N) is 1. The van der Waals surface area contributed by atoms with Gasteiger partial charge in [-0.1, -0.05) is 0 Å². The predicted octanol–water partition coefficient (Wildman–Crippen LogP) is 1.10. The highest BCUT2D eigenvalue weighted by Crippen LogP contribution is 2.13. The van der Waals surface area contributed by atoms with Gasteiger partial charge in [-0.05, 0) is 12.1 Å². The van der Waals surface area contributed by atoms with Gasteiger partial charge in [0.05, 0.1) is 19.1 Å². The Bertz CT molecular complexity index is 388. The number of aromatic nitrogens is 1. The molecule has 0 aliphatic rings. The molecule has 0 saturated heterocycles. The van der Waals surface area contributed by atoms with Crippen LogP contribution in [0.2, 0.25) is 0 Å². The fourth-order valence-electron chi connectivity index (χ4n) is 0.878. The van der Waals surface area contributed by atoms with Crippen LogP contribution in [0.5, 0.6) is 5.75 Å². The summed E-state index contributed by atoms with van der Waals surface area (Å²) >= 11 is 5.36. The van der Waals surface area contributed by atoms with E-state index in [2.05, 4.69) is 4.98 Å². The van der Waals surface area contributed by atoms with Crippen molar-refractivity contribution in [2.45, 2.75) is 5.03 Å². The standard InChI is InChI=1S/C8H10ClNO3S/c1-13-7-2-3-8(10-6-7)14(11,12)5-4-9/h2-3,6H,4-5H2,1H3. The van der Waals surface area contributed by atoms with E-state index >= 15 is 0 Å². The second-order valence-electron chi connectivity index (χ2n) is 2.54. The van der Waals surface area contributed by atoms with Crippen molar-refractivity contribution in [3.8, 4) is 5.75 Å². The maximum absolute atomic E-state index is 11.4. The fourth-order valence-corrected chi connectivity index (χ4v) is 2.39. The summed E-state index contributed by atoms with van der Waals surface area (Å²) in [4.78, 5) is 3.77. The molecule has 1 heterocycles. The van der Waals surface area contributed by atoms with Gasteiger partial charge in [0.25, 0.3) is 0 Å². The quantitative estimate of drug-likeness (QED) is 0.734. The molecule has 0 aliphatic heterocycles. The number of hydrogen-bond acceptors (Lipinski definition) is 4. The summed E-state index contributed by atoms with van der Waals surface area (Å²) in [6, 6.07) is 2.95. The molecule has 14 heavy (non-hydrogen) atoms. The van der Waals surface area contributed by atoms with Gasteiger partial charge in [-0.15, -0.1) is 11.6 Å². The molecule has 0 atom stereocenters. The van der Waals surface area contributed by atoms with E-state index in [1.807, 2.05) is 0 Å². The SMILES string of the molecule is COc1ccc(S(=O)(=O)CCCl)nc1. The van der Waals surface area contributed by atoms with Crippen LogP contribution in [0.15, 0.2) is 23.4 Å². The van der Waals surface area contributed by atoms with Crippen LogP contribution in [0.4, 0.5) is 0 Å². The highest BCUT2D eigenvalue weighted by Gasteiger charge is 2.14. The molecule has 0 aliphatic carbocycles. The van der Waals surface area contributed by atoms with E-state index in [9.17, 15) is 8.42 Å². The number of pyridine rings is 1. The van der Waals surface area contributed by atoms with Gasteiger partial charge in [0.1, 0.15) is 5.75 Å². The highest BCUT2D eigenvalue weighted by molar-refractivity contribution is 7.91. The number of hydrogen-bond donors (Lipinski definition) is 0. The zero-order valence-electron chi connectivity index (χ0n) is 7.60. The Morgan fingerprint density at radius 3 is 2.64 bits per heavy atom. The number of alkyl halides is 1. The van der Waals surface area contributed by atoms with Gasteiger partial charge >= 0.3 is 0 Å². The van der Waals surface area contributed by atoms with Gasteiger partial charge in [-0.25, -0.2) is 13.4 Å². The van der Waals surface area contributed by atoms with Gasteiger partial charge in [0.15, 0.2) is 14.9 Å². The molecule has 1 aromatic rings. The first-order chi connectivity index (χ1) is 6.60.